The van der Waals surface area contributed by atoms with Crippen LogP contribution in [0.5, 0.6) is 0 Å². The average molecular weight is 508 g/mol. The first-order chi connectivity index (χ1) is 16.3. The molecule has 0 aliphatic carbocycles. The number of hydrogen-bond acceptors (Lipinski definition) is 6. The summed E-state index contributed by atoms with van der Waals surface area (Å²) >= 11 is 7.84. The maximum atomic E-state index is 13.8. The first-order valence-corrected chi connectivity index (χ1v) is 12.0. The van der Waals surface area contributed by atoms with Crippen LogP contribution < -0.4 is 0 Å². The average Bonchev–Trinajstić information content (AvgIpc) is 3.53. The number of benzene rings is 1. The summed E-state index contributed by atoms with van der Waals surface area (Å²) in [5.74, 6) is 0.0594. The fraction of sp³-hybridized carbons (Fsp3) is 0.348. The summed E-state index contributed by atoms with van der Waals surface area (Å²) in [6.07, 6.45) is 4.48. The van der Waals surface area contributed by atoms with Gasteiger partial charge in [0.15, 0.2) is 10.8 Å². The standard InChI is InChI=1S/C23H21ClF3N5OS/c1-2-6-23(33)11-17-18(16-5-8-32(30-16)22(26)27)19(14-4-3-13(25)10-15(14)24)29-20(31(17)12-23)21-28-7-9-34-21/h3-5,7-10,19,22,33H,2,6,11-12H2,1H3/t19-,23+/m0/s1. The molecule has 1 N–H and O–H groups in total. The molecule has 2 aromatic heterocycles. The molecule has 0 bridgehead atoms. The van der Waals surface area contributed by atoms with Gasteiger partial charge in [-0.25, -0.2) is 14.1 Å². The predicted molar refractivity (Wildman–Crippen MR) is 124 cm³/mol. The largest absolute Gasteiger partial charge is 0.388 e. The van der Waals surface area contributed by atoms with E-state index in [1.807, 2.05) is 17.2 Å². The Morgan fingerprint density at radius 3 is 2.79 bits per heavy atom. The highest BCUT2D eigenvalue weighted by atomic mass is 35.5. The van der Waals surface area contributed by atoms with Crippen LogP contribution in [0.3, 0.4) is 0 Å². The summed E-state index contributed by atoms with van der Waals surface area (Å²) in [5, 5.41) is 18.1. The third kappa shape index (κ3) is 4.03. The minimum absolute atomic E-state index is 0.161. The molecule has 6 nitrogen and oxygen atoms in total. The van der Waals surface area contributed by atoms with Gasteiger partial charge in [-0.15, -0.1) is 11.3 Å². The number of nitrogens with zero attached hydrogens (tertiary/aromatic N) is 5. The molecule has 3 aromatic rings. The summed E-state index contributed by atoms with van der Waals surface area (Å²) in [6.45, 7) is -0.523. The van der Waals surface area contributed by atoms with Gasteiger partial charge in [-0.2, -0.15) is 13.9 Å². The first kappa shape index (κ1) is 23.1. The van der Waals surface area contributed by atoms with E-state index in [1.165, 1.54) is 35.7 Å². The molecule has 11 heteroatoms. The predicted octanol–water partition coefficient (Wildman–Crippen LogP) is 5.68. The SMILES string of the molecule is CCC[C@@]1(O)CC2=C(c3ccn(C(F)F)n3)[C@H](c3ccc(F)cc3Cl)N=C(c3nccs3)N2C1. The highest BCUT2D eigenvalue weighted by Gasteiger charge is 2.46. The molecular weight excluding hydrogens is 487 g/mol. The van der Waals surface area contributed by atoms with Gasteiger partial charge in [0.1, 0.15) is 11.9 Å². The Balaban J connectivity index is 1.74. The molecule has 1 fully saturated rings. The molecule has 2 atom stereocenters. The van der Waals surface area contributed by atoms with E-state index in [0.717, 1.165) is 12.1 Å². The van der Waals surface area contributed by atoms with Crippen LogP contribution in [0, 0.1) is 5.82 Å². The molecular formula is C23H21ClF3N5OS. The van der Waals surface area contributed by atoms with Crippen LogP contribution in [0.2, 0.25) is 5.02 Å². The molecule has 5 rings (SSSR count). The van der Waals surface area contributed by atoms with Crippen LogP contribution in [0.1, 0.15) is 55.0 Å². The molecule has 0 spiro atoms. The molecule has 34 heavy (non-hydrogen) atoms. The lowest BCUT2D eigenvalue weighted by Gasteiger charge is -2.32. The monoisotopic (exact) mass is 507 g/mol. The minimum atomic E-state index is -2.80. The van der Waals surface area contributed by atoms with Gasteiger partial charge in [0.2, 0.25) is 0 Å². The van der Waals surface area contributed by atoms with Crippen LogP contribution in [-0.4, -0.2) is 42.8 Å². The van der Waals surface area contributed by atoms with E-state index < -0.39 is 24.0 Å². The number of aliphatic hydroxyl groups is 1. The van der Waals surface area contributed by atoms with Crippen LogP contribution in [-0.2, 0) is 0 Å². The van der Waals surface area contributed by atoms with Gasteiger partial charge < -0.3 is 10.0 Å². The molecule has 178 valence electrons. The molecule has 0 radical (unpaired) electrons. The number of aromatic nitrogens is 3. The van der Waals surface area contributed by atoms with Crippen LogP contribution in [0.4, 0.5) is 13.2 Å². The van der Waals surface area contributed by atoms with Gasteiger partial charge in [-0.05, 0) is 24.6 Å². The van der Waals surface area contributed by atoms with E-state index in [-0.39, 0.29) is 18.0 Å². The van der Waals surface area contributed by atoms with E-state index in [2.05, 4.69) is 10.1 Å². The smallest absolute Gasteiger partial charge is 0.333 e. The van der Waals surface area contributed by atoms with E-state index in [1.54, 1.807) is 12.3 Å². The van der Waals surface area contributed by atoms with Crippen LogP contribution in [0.15, 0.2) is 52.7 Å². The fourth-order valence-corrected chi connectivity index (χ4v) is 5.59. The molecule has 2 aliphatic heterocycles. The second kappa shape index (κ2) is 8.83. The zero-order chi connectivity index (χ0) is 24.0. The number of aliphatic imine (C=N–C) groups is 1. The van der Waals surface area contributed by atoms with Crippen molar-refractivity contribution < 1.29 is 18.3 Å². The molecule has 0 unspecified atom stereocenters. The number of alkyl halides is 2. The van der Waals surface area contributed by atoms with Crippen molar-refractivity contribution in [3.63, 3.8) is 0 Å². The van der Waals surface area contributed by atoms with Gasteiger partial charge in [0.25, 0.3) is 0 Å². The Kier molecular flexibility index (Phi) is 5.99. The van der Waals surface area contributed by atoms with Crippen molar-refractivity contribution in [2.24, 2.45) is 4.99 Å². The Morgan fingerprint density at radius 2 is 2.15 bits per heavy atom. The van der Waals surface area contributed by atoms with Gasteiger partial charge in [-0.1, -0.05) is 31.0 Å². The number of fused-ring (bicyclic) bond motifs is 1. The number of thiazole rings is 1. The molecule has 0 amide bonds. The van der Waals surface area contributed by atoms with Crippen molar-refractivity contribution in [3.05, 3.63) is 74.8 Å². The quantitative estimate of drug-likeness (QED) is 0.466. The van der Waals surface area contributed by atoms with E-state index in [9.17, 15) is 18.3 Å². The molecule has 4 heterocycles. The third-order valence-electron chi connectivity index (χ3n) is 6.05. The van der Waals surface area contributed by atoms with Crippen molar-refractivity contribution in [1.29, 1.82) is 0 Å². The van der Waals surface area contributed by atoms with Gasteiger partial charge >= 0.3 is 6.55 Å². The molecule has 1 aromatic carbocycles. The molecule has 0 saturated carbocycles. The summed E-state index contributed by atoms with van der Waals surface area (Å²) in [6, 6.07) is 4.78. The number of amidine groups is 1. The highest BCUT2D eigenvalue weighted by molar-refractivity contribution is 7.11. The van der Waals surface area contributed by atoms with Gasteiger partial charge in [-0.3, -0.25) is 4.99 Å². The lowest BCUT2D eigenvalue weighted by Crippen LogP contribution is -2.37. The molecule has 1 saturated heterocycles. The summed E-state index contributed by atoms with van der Waals surface area (Å²) < 4.78 is 41.1. The van der Waals surface area contributed by atoms with E-state index in [4.69, 9.17) is 16.6 Å². The second-order valence-electron chi connectivity index (χ2n) is 8.41. The van der Waals surface area contributed by atoms with Gasteiger partial charge in [0, 0.05) is 46.1 Å². The summed E-state index contributed by atoms with van der Waals surface area (Å²) in [7, 11) is 0. The lowest BCUT2D eigenvalue weighted by molar-refractivity contribution is 0.0461. The van der Waals surface area contributed by atoms with E-state index >= 15 is 0 Å². The highest BCUT2D eigenvalue weighted by Crippen LogP contribution is 2.48. The maximum absolute atomic E-state index is 13.8. The van der Waals surface area contributed by atoms with Crippen molar-refractivity contribution in [3.8, 4) is 0 Å². The maximum Gasteiger partial charge on any atom is 0.333 e. The lowest BCUT2D eigenvalue weighted by atomic mass is 9.90. The molecule has 2 aliphatic rings. The minimum Gasteiger partial charge on any atom is -0.388 e. The first-order valence-electron chi connectivity index (χ1n) is 10.8. The zero-order valence-electron chi connectivity index (χ0n) is 18.1. The van der Waals surface area contributed by atoms with Crippen LogP contribution in [0.25, 0.3) is 5.57 Å². The third-order valence-corrected chi connectivity index (χ3v) is 7.14. The summed E-state index contributed by atoms with van der Waals surface area (Å²) in [4.78, 5) is 11.3. The number of halogens is 4. The van der Waals surface area contributed by atoms with Gasteiger partial charge in [0.05, 0.1) is 17.8 Å². The second-order valence-corrected chi connectivity index (χ2v) is 9.72. The van der Waals surface area contributed by atoms with E-state index in [0.29, 0.717) is 38.8 Å². The fourth-order valence-electron chi connectivity index (χ4n) is 4.67. The van der Waals surface area contributed by atoms with Crippen molar-refractivity contribution in [2.45, 2.75) is 44.4 Å². The van der Waals surface area contributed by atoms with Crippen molar-refractivity contribution in [1.82, 2.24) is 19.7 Å². The Labute approximate surface area is 203 Å². The van der Waals surface area contributed by atoms with Crippen molar-refractivity contribution in [2.75, 3.05) is 6.54 Å². The topological polar surface area (TPSA) is 66.5 Å². The normalized spacial score (nSPS) is 22.5. The Hall–Kier alpha value is -2.69. The number of rotatable bonds is 6. The Bertz CT molecular complexity index is 1280. The van der Waals surface area contributed by atoms with Crippen LogP contribution >= 0.6 is 22.9 Å². The Morgan fingerprint density at radius 1 is 1.32 bits per heavy atom. The zero-order valence-corrected chi connectivity index (χ0v) is 19.7. The van der Waals surface area contributed by atoms with Crippen molar-refractivity contribution >= 4 is 34.3 Å². The number of hydrogen-bond donors (Lipinski definition) is 1. The summed E-state index contributed by atoms with van der Waals surface area (Å²) in [5.41, 5.74) is 1.06.